The lowest BCUT2D eigenvalue weighted by Gasteiger charge is -2.44. The molecule has 0 saturated heterocycles. The topological polar surface area (TPSA) is 6.48 Å². The fourth-order valence-electron chi connectivity index (χ4n) is 13.9. The number of aryl methyl sites for hydroxylation is 2. The molecule has 1 fully saturated rings. The minimum absolute atomic E-state index is 0.0687. The van der Waals surface area contributed by atoms with Gasteiger partial charge in [0.2, 0.25) is 0 Å². The zero-order valence-electron chi connectivity index (χ0n) is 44.5. The van der Waals surface area contributed by atoms with Crippen LogP contribution in [0.15, 0.2) is 133 Å². The Morgan fingerprint density at radius 3 is 1.77 bits per heavy atom. The molecule has 71 heavy (non-hydrogen) atoms. The molecule has 5 aliphatic rings. The predicted molar refractivity (Wildman–Crippen MR) is 306 cm³/mol. The maximum Gasteiger partial charge on any atom is 0.252 e. The number of unbranched alkanes of at least 4 members (excludes halogenated alkanes) is 1. The zero-order chi connectivity index (χ0) is 49.1. The molecule has 0 spiro atoms. The van der Waals surface area contributed by atoms with Crippen molar-refractivity contribution in [1.82, 2.24) is 0 Å². The third-order valence-electron chi connectivity index (χ3n) is 18.4. The molecule has 3 heteroatoms. The molecule has 0 aromatic heterocycles. The average molecular weight is 931 g/mol. The van der Waals surface area contributed by atoms with Crippen LogP contribution in [0.5, 0.6) is 0 Å². The summed E-state index contributed by atoms with van der Waals surface area (Å²) < 4.78 is 0. The zero-order valence-corrected chi connectivity index (χ0v) is 44.5. The predicted octanol–water partition coefficient (Wildman–Crippen LogP) is 17.2. The average Bonchev–Trinajstić information content (AvgIpc) is 4.15. The Morgan fingerprint density at radius 2 is 1.10 bits per heavy atom. The fraction of sp³-hybridized carbons (Fsp3) is 0.382. The van der Waals surface area contributed by atoms with Crippen molar-refractivity contribution in [3.05, 3.63) is 172 Å². The first-order valence-electron chi connectivity index (χ1n) is 27.7. The van der Waals surface area contributed by atoms with Crippen molar-refractivity contribution in [2.75, 3.05) is 9.80 Å². The molecular weight excluding hydrogens is 856 g/mol. The third-order valence-corrected chi connectivity index (χ3v) is 18.4. The van der Waals surface area contributed by atoms with Crippen molar-refractivity contribution >= 4 is 57.2 Å². The van der Waals surface area contributed by atoms with Gasteiger partial charge in [-0.25, -0.2) is 0 Å². The Bertz CT molecular complexity index is 3210. The SMILES string of the molecule is CCCCc1ccc(N2c3ccc(C4CC4CCC)cc3B3c4cc(-c5ccc6c(c5)C(C)(C)CCC6(C)C)ccc4N(c4ccc(-c5ccc6c(c5)C(C)CCC6(C)C)cc4)c4cc(C)cc2c43)cc1. The molecule has 0 amide bonds. The van der Waals surface area contributed by atoms with E-state index in [2.05, 4.69) is 212 Å². The third kappa shape index (κ3) is 7.82. The van der Waals surface area contributed by atoms with Crippen molar-refractivity contribution in [3.63, 3.8) is 0 Å². The summed E-state index contributed by atoms with van der Waals surface area (Å²) in [6.45, 7) is 24.1. The van der Waals surface area contributed by atoms with Gasteiger partial charge in [-0.05, 0) is 212 Å². The van der Waals surface area contributed by atoms with Crippen LogP contribution in [0.1, 0.15) is 171 Å². The molecule has 0 bridgehead atoms. The maximum absolute atomic E-state index is 2.65. The van der Waals surface area contributed by atoms with Crippen LogP contribution in [0.4, 0.5) is 34.1 Å². The van der Waals surface area contributed by atoms with Crippen molar-refractivity contribution in [2.24, 2.45) is 5.92 Å². The van der Waals surface area contributed by atoms with Gasteiger partial charge in [-0.15, -0.1) is 0 Å². The highest BCUT2D eigenvalue weighted by molar-refractivity contribution is 7.00. The van der Waals surface area contributed by atoms with Crippen LogP contribution in [0.25, 0.3) is 22.3 Å². The Kier molecular flexibility index (Phi) is 11.2. The molecule has 360 valence electrons. The van der Waals surface area contributed by atoms with Crippen LogP contribution in [-0.4, -0.2) is 6.71 Å². The van der Waals surface area contributed by atoms with Crippen molar-refractivity contribution in [3.8, 4) is 22.3 Å². The summed E-state index contributed by atoms with van der Waals surface area (Å²) in [7, 11) is 0. The molecule has 2 nitrogen and oxygen atoms in total. The quantitative estimate of drug-likeness (QED) is 0.126. The molecule has 0 N–H and O–H groups in total. The Morgan fingerprint density at radius 1 is 0.535 bits per heavy atom. The molecule has 12 rings (SSSR count). The van der Waals surface area contributed by atoms with Gasteiger partial charge in [-0.1, -0.05) is 167 Å². The van der Waals surface area contributed by atoms with Crippen molar-refractivity contribution < 1.29 is 0 Å². The lowest BCUT2D eigenvalue weighted by molar-refractivity contribution is 0.332. The standard InChI is InChI=1S/C68H75BN2/c1-11-13-15-45-16-24-52(25-17-45)70-62-31-23-51(55-39-50(55)14-12-2)42-60(62)69-59-41-49(48-21-29-57-58(40-48)68(9,10)35-34-67(57,7)8)22-30-61(59)71(64-37-43(3)36-63(70)65(64)69)53-26-18-46(19-27-53)47-20-28-56-54(38-47)44(4)32-33-66(56,5)6/h16-31,36-38,40-42,44,50,55H,11-15,32-35,39H2,1-10H3. The van der Waals surface area contributed by atoms with E-state index in [1.165, 1.54) is 169 Å². The lowest BCUT2D eigenvalue weighted by Crippen LogP contribution is -2.61. The Labute approximate surface area is 427 Å². The molecule has 7 aromatic rings. The van der Waals surface area contributed by atoms with Crippen LogP contribution in [0.2, 0.25) is 0 Å². The molecule has 2 aliphatic heterocycles. The highest BCUT2D eigenvalue weighted by Crippen LogP contribution is 2.52. The minimum atomic E-state index is 0.0687. The van der Waals surface area contributed by atoms with E-state index in [-0.39, 0.29) is 23.0 Å². The van der Waals surface area contributed by atoms with Gasteiger partial charge in [-0.3, -0.25) is 0 Å². The number of benzene rings is 7. The summed E-state index contributed by atoms with van der Waals surface area (Å²) in [4.78, 5) is 5.23. The summed E-state index contributed by atoms with van der Waals surface area (Å²) >= 11 is 0. The van der Waals surface area contributed by atoms with E-state index < -0.39 is 0 Å². The largest absolute Gasteiger partial charge is 0.311 e. The maximum atomic E-state index is 2.65. The van der Waals surface area contributed by atoms with Gasteiger partial charge in [0, 0.05) is 34.1 Å². The number of rotatable bonds is 10. The van der Waals surface area contributed by atoms with E-state index in [1.54, 1.807) is 0 Å². The lowest BCUT2D eigenvalue weighted by atomic mass is 9.33. The van der Waals surface area contributed by atoms with Gasteiger partial charge in [0.15, 0.2) is 0 Å². The monoisotopic (exact) mass is 931 g/mol. The summed E-state index contributed by atoms with van der Waals surface area (Å²) in [6.07, 6.45) is 12.3. The molecule has 1 saturated carbocycles. The number of nitrogens with zero attached hydrogens (tertiary/aromatic N) is 2. The summed E-state index contributed by atoms with van der Waals surface area (Å²) in [5.74, 6) is 2.01. The van der Waals surface area contributed by atoms with Crippen molar-refractivity contribution in [2.45, 2.75) is 162 Å². The second kappa shape index (κ2) is 17.2. The van der Waals surface area contributed by atoms with E-state index >= 15 is 0 Å². The fourth-order valence-corrected chi connectivity index (χ4v) is 13.9. The van der Waals surface area contributed by atoms with Gasteiger partial charge in [-0.2, -0.15) is 0 Å². The van der Waals surface area contributed by atoms with Gasteiger partial charge < -0.3 is 9.80 Å². The van der Waals surface area contributed by atoms with Crippen molar-refractivity contribution in [1.29, 1.82) is 0 Å². The highest BCUT2D eigenvalue weighted by Gasteiger charge is 2.46. The van der Waals surface area contributed by atoms with Gasteiger partial charge >= 0.3 is 0 Å². The summed E-state index contributed by atoms with van der Waals surface area (Å²) in [5.41, 5.74) is 27.9. The first-order valence-corrected chi connectivity index (χ1v) is 27.7. The molecule has 2 heterocycles. The van der Waals surface area contributed by atoms with Crippen LogP contribution < -0.4 is 26.2 Å². The number of fused-ring (bicyclic) bond motifs is 6. The Balaban J connectivity index is 1.06. The summed E-state index contributed by atoms with van der Waals surface area (Å²) in [6, 6.07) is 53.9. The van der Waals surface area contributed by atoms with Crippen LogP contribution >= 0.6 is 0 Å². The van der Waals surface area contributed by atoms with Gasteiger partial charge in [0.05, 0.1) is 0 Å². The van der Waals surface area contributed by atoms with E-state index in [0.717, 1.165) is 12.3 Å². The van der Waals surface area contributed by atoms with Crippen LogP contribution in [0, 0.1) is 12.8 Å². The van der Waals surface area contributed by atoms with E-state index in [4.69, 9.17) is 0 Å². The van der Waals surface area contributed by atoms with E-state index in [1.807, 2.05) is 0 Å². The summed E-state index contributed by atoms with van der Waals surface area (Å²) in [5, 5.41) is 0. The second-order valence-electron chi connectivity index (χ2n) is 24.8. The number of hydrogen-bond acceptors (Lipinski definition) is 2. The number of anilines is 6. The molecule has 0 radical (unpaired) electrons. The molecule has 7 aromatic carbocycles. The Hall–Kier alpha value is -5.80. The first-order chi connectivity index (χ1) is 34.1. The smallest absolute Gasteiger partial charge is 0.252 e. The van der Waals surface area contributed by atoms with E-state index in [9.17, 15) is 0 Å². The second-order valence-corrected chi connectivity index (χ2v) is 24.8. The number of hydrogen-bond donors (Lipinski definition) is 0. The van der Waals surface area contributed by atoms with Gasteiger partial charge in [0.25, 0.3) is 6.71 Å². The first kappa shape index (κ1) is 46.3. The normalized spacial score (nSPS) is 20.6. The molecule has 3 atom stereocenters. The van der Waals surface area contributed by atoms with Crippen LogP contribution in [-0.2, 0) is 22.7 Å². The van der Waals surface area contributed by atoms with Crippen LogP contribution in [0.3, 0.4) is 0 Å². The molecule has 3 unspecified atom stereocenters. The highest BCUT2D eigenvalue weighted by atomic mass is 15.2. The molecule has 3 aliphatic carbocycles. The minimum Gasteiger partial charge on any atom is -0.311 e. The molecular formula is C68H75BN2. The van der Waals surface area contributed by atoms with E-state index in [0.29, 0.717) is 11.8 Å². The van der Waals surface area contributed by atoms with Gasteiger partial charge in [0.1, 0.15) is 0 Å².